The highest BCUT2D eigenvalue weighted by Gasteiger charge is 2.54. The van der Waals surface area contributed by atoms with Gasteiger partial charge in [-0.25, -0.2) is 0 Å². The summed E-state index contributed by atoms with van der Waals surface area (Å²) < 4.78 is 5.30. The first-order valence-electron chi connectivity index (χ1n) is 5.68. The molecule has 0 spiro atoms. The van der Waals surface area contributed by atoms with Gasteiger partial charge in [-0.2, -0.15) is 0 Å². The van der Waals surface area contributed by atoms with Crippen molar-refractivity contribution < 1.29 is 14.3 Å². The molecular weight excluding hydrogens is 252 g/mol. The van der Waals surface area contributed by atoms with Gasteiger partial charge in [-0.05, 0) is 18.0 Å². The highest BCUT2D eigenvalue weighted by Crippen LogP contribution is 2.48. The van der Waals surface area contributed by atoms with E-state index in [1.807, 2.05) is 6.92 Å². The van der Waals surface area contributed by atoms with Gasteiger partial charge in [0.1, 0.15) is 5.76 Å². The molecule has 0 fully saturated rings. The van der Waals surface area contributed by atoms with E-state index in [0.29, 0.717) is 23.3 Å². The van der Waals surface area contributed by atoms with E-state index in [9.17, 15) is 9.59 Å². The van der Waals surface area contributed by atoms with Crippen LogP contribution in [0.4, 0.5) is 0 Å². The molecule has 0 aliphatic heterocycles. The van der Waals surface area contributed by atoms with Crippen LogP contribution in [0.25, 0.3) is 0 Å². The second kappa shape index (κ2) is 4.58. The quantitative estimate of drug-likeness (QED) is 0.581. The first kappa shape index (κ1) is 12.8. The SMILES string of the molecule is CCC1=C(OC)C2=CC=CC=CC2(C(=O)Cl)C1=O. The molecule has 0 aromatic heterocycles. The van der Waals surface area contributed by atoms with Crippen LogP contribution in [0.5, 0.6) is 0 Å². The minimum absolute atomic E-state index is 0.284. The maximum absolute atomic E-state index is 12.5. The monoisotopic (exact) mass is 264 g/mol. The van der Waals surface area contributed by atoms with Crippen LogP contribution in [-0.2, 0) is 14.3 Å². The van der Waals surface area contributed by atoms with Gasteiger partial charge in [0.15, 0.2) is 11.2 Å². The van der Waals surface area contributed by atoms with Crippen molar-refractivity contribution in [1.29, 1.82) is 0 Å². The van der Waals surface area contributed by atoms with Crippen LogP contribution in [0.3, 0.4) is 0 Å². The van der Waals surface area contributed by atoms with E-state index in [0.717, 1.165) is 0 Å². The predicted octanol–water partition coefficient (Wildman–Crippen LogP) is 2.68. The van der Waals surface area contributed by atoms with E-state index in [1.165, 1.54) is 7.11 Å². The van der Waals surface area contributed by atoms with E-state index in [4.69, 9.17) is 16.3 Å². The second-order valence-corrected chi connectivity index (χ2v) is 4.44. The fourth-order valence-corrected chi connectivity index (χ4v) is 2.66. The molecule has 0 bridgehead atoms. The third kappa shape index (κ3) is 1.51. The Kier molecular flexibility index (Phi) is 3.26. The highest BCUT2D eigenvalue weighted by molar-refractivity contribution is 6.68. The number of fused-ring (bicyclic) bond motifs is 1. The van der Waals surface area contributed by atoms with Crippen molar-refractivity contribution in [2.24, 2.45) is 5.41 Å². The lowest BCUT2D eigenvalue weighted by molar-refractivity contribution is -0.128. The molecule has 94 valence electrons. The van der Waals surface area contributed by atoms with Gasteiger partial charge >= 0.3 is 0 Å². The number of allylic oxidation sites excluding steroid dienone is 7. The van der Waals surface area contributed by atoms with Crippen LogP contribution in [0.2, 0.25) is 0 Å². The zero-order valence-electron chi connectivity index (χ0n) is 10.2. The molecule has 2 aliphatic carbocycles. The normalized spacial score (nSPS) is 25.9. The van der Waals surface area contributed by atoms with Crippen molar-refractivity contribution in [3.05, 3.63) is 47.3 Å². The molecule has 0 aromatic carbocycles. The minimum Gasteiger partial charge on any atom is -0.496 e. The van der Waals surface area contributed by atoms with E-state index in [-0.39, 0.29) is 5.78 Å². The minimum atomic E-state index is -1.41. The summed E-state index contributed by atoms with van der Waals surface area (Å²) in [6.07, 6.45) is 8.93. The van der Waals surface area contributed by atoms with Gasteiger partial charge in [0.2, 0.25) is 5.24 Å². The summed E-state index contributed by atoms with van der Waals surface area (Å²) in [7, 11) is 1.49. The number of carbonyl (C=O) groups is 2. The van der Waals surface area contributed by atoms with E-state index in [2.05, 4.69) is 0 Å². The first-order valence-corrected chi connectivity index (χ1v) is 6.06. The topological polar surface area (TPSA) is 43.4 Å². The first-order chi connectivity index (χ1) is 8.59. The molecule has 18 heavy (non-hydrogen) atoms. The van der Waals surface area contributed by atoms with Crippen molar-refractivity contribution in [2.75, 3.05) is 7.11 Å². The smallest absolute Gasteiger partial charge is 0.244 e. The van der Waals surface area contributed by atoms with Crippen LogP contribution >= 0.6 is 11.6 Å². The van der Waals surface area contributed by atoms with Gasteiger partial charge < -0.3 is 4.74 Å². The Morgan fingerprint density at radius 2 is 2.11 bits per heavy atom. The number of ether oxygens (including phenoxy) is 1. The number of hydrogen-bond donors (Lipinski definition) is 0. The molecule has 0 saturated carbocycles. The summed E-state index contributed by atoms with van der Waals surface area (Å²) in [4.78, 5) is 24.3. The Labute approximate surface area is 110 Å². The average Bonchev–Trinajstić information content (AvgIpc) is 2.51. The van der Waals surface area contributed by atoms with E-state index >= 15 is 0 Å². The number of methoxy groups -OCH3 is 1. The van der Waals surface area contributed by atoms with Crippen LogP contribution < -0.4 is 0 Å². The van der Waals surface area contributed by atoms with Crippen molar-refractivity contribution >= 4 is 22.6 Å². The van der Waals surface area contributed by atoms with Gasteiger partial charge in [-0.3, -0.25) is 9.59 Å². The number of hydrogen-bond acceptors (Lipinski definition) is 3. The molecule has 0 heterocycles. The third-order valence-corrected chi connectivity index (χ3v) is 3.57. The Balaban J connectivity index is 2.73. The van der Waals surface area contributed by atoms with Crippen LogP contribution in [0, 0.1) is 5.41 Å². The third-order valence-electron chi connectivity index (χ3n) is 3.27. The van der Waals surface area contributed by atoms with Crippen LogP contribution in [-0.4, -0.2) is 18.1 Å². The Bertz CT molecular complexity index is 537. The lowest BCUT2D eigenvalue weighted by Crippen LogP contribution is -2.33. The van der Waals surface area contributed by atoms with Crippen molar-refractivity contribution in [1.82, 2.24) is 0 Å². The van der Waals surface area contributed by atoms with Gasteiger partial charge in [0, 0.05) is 11.1 Å². The molecule has 0 aromatic rings. The molecule has 2 rings (SSSR count). The Morgan fingerprint density at radius 3 is 2.67 bits per heavy atom. The van der Waals surface area contributed by atoms with Gasteiger partial charge in [-0.15, -0.1) is 0 Å². The Hall–Kier alpha value is -1.61. The largest absolute Gasteiger partial charge is 0.496 e. The summed E-state index contributed by atoms with van der Waals surface area (Å²) in [5.41, 5.74) is -0.378. The molecule has 1 unspecified atom stereocenters. The summed E-state index contributed by atoms with van der Waals surface area (Å²) >= 11 is 5.70. The second-order valence-electron chi connectivity index (χ2n) is 4.10. The fraction of sp³-hybridized carbons (Fsp3) is 0.286. The van der Waals surface area contributed by atoms with Gasteiger partial charge in [-0.1, -0.05) is 37.3 Å². The van der Waals surface area contributed by atoms with Crippen molar-refractivity contribution in [3.63, 3.8) is 0 Å². The van der Waals surface area contributed by atoms with Gasteiger partial charge in [0.05, 0.1) is 7.11 Å². The van der Waals surface area contributed by atoms with E-state index < -0.39 is 10.7 Å². The van der Waals surface area contributed by atoms with Crippen LogP contribution in [0.15, 0.2) is 47.3 Å². The van der Waals surface area contributed by atoms with Crippen LogP contribution in [0.1, 0.15) is 13.3 Å². The zero-order chi connectivity index (χ0) is 13.3. The maximum Gasteiger partial charge on any atom is 0.244 e. The molecule has 0 amide bonds. The lowest BCUT2D eigenvalue weighted by Gasteiger charge is -2.21. The predicted molar refractivity (Wildman–Crippen MR) is 69.0 cm³/mol. The number of rotatable bonds is 3. The molecular formula is C14H13ClO3. The summed E-state index contributed by atoms with van der Waals surface area (Å²) in [6.45, 7) is 1.85. The molecule has 1 atom stereocenters. The summed E-state index contributed by atoms with van der Waals surface area (Å²) in [5.74, 6) is 0.181. The molecule has 3 nitrogen and oxygen atoms in total. The summed E-state index contributed by atoms with van der Waals surface area (Å²) in [5, 5.41) is -0.697. The molecule has 0 saturated heterocycles. The standard InChI is InChI=1S/C14H13ClO3/c1-3-9-11(18-2)10-7-5-4-6-8-14(10,12(9)16)13(15)17/h4-8H,3H2,1-2H3. The number of halogens is 1. The number of carbonyl (C=O) groups excluding carboxylic acids is 2. The molecule has 0 radical (unpaired) electrons. The fourth-order valence-electron chi connectivity index (χ4n) is 2.41. The molecule has 4 heteroatoms. The summed E-state index contributed by atoms with van der Waals surface area (Å²) in [6, 6.07) is 0. The maximum atomic E-state index is 12.5. The Morgan fingerprint density at radius 1 is 1.39 bits per heavy atom. The lowest BCUT2D eigenvalue weighted by atomic mass is 9.80. The number of Topliss-reactive ketones (excluding diaryl/α,β-unsaturated/α-hetero) is 1. The van der Waals surface area contributed by atoms with Crippen molar-refractivity contribution in [3.8, 4) is 0 Å². The zero-order valence-corrected chi connectivity index (χ0v) is 11.0. The van der Waals surface area contributed by atoms with Crippen molar-refractivity contribution in [2.45, 2.75) is 13.3 Å². The van der Waals surface area contributed by atoms with Gasteiger partial charge in [0.25, 0.3) is 0 Å². The molecule has 0 N–H and O–H groups in total. The highest BCUT2D eigenvalue weighted by atomic mass is 35.5. The average molecular weight is 265 g/mol. The number of ketones is 1. The van der Waals surface area contributed by atoms with E-state index in [1.54, 1.807) is 30.4 Å². The molecule has 2 aliphatic rings.